The van der Waals surface area contributed by atoms with Crippen LogP contribution in [-0.2, 0) is 0 Å². The van der Waals surface area contributed by atoms with Crippen LogP contribution in [0.5, 0.6) is 0 Å². The van der Waals surface area contributed by atoms with Crippen molar-refractivity contribution in [3.05, 3.63) is 22.8 Å². The predicted molar refractivity (Wildman–Crippen MR) is 89.3 cm³/mol. The quantitative estimate of drug-likeness (QED) is 0.813. The van der Waals surface area contributed by atoms with Crippen LogP contribution in [0.15, 0.2) is 12.1 Å². The number of carbonyl (C=O) groups is 1. The first-order valence-electron chi connectivity index (χ1n) is 6.58. The van der Waals surface area contributed by atoms with Gasteiger partial charge in [0.15, 0.2) is 0 Å². The van der Waals surface area contributed by atoms with Gasteiger partial charge in [0, 0.05) is 41.2 Å². The van der Waals surface area contributed by atoms with Gasteiger partial charge in [-0.25, -0.2) is 4.98 Å². The molecule has 0 radical (unpaired) electrons. The second-order valence-corrected chi connectivity index (χ2v) is 7.32. The summed E-state index contributed by atoms with van der Waals surface area (Å²) in [6.45, 7) is 3.41. The number of anilines is 1. The Labute approximate surface area is 132 Å². The van der Waals surface area contributed by atoms with E-state index in [1.807, 2.05) is 30.4 Å². The molecule has 1 unspecified atom stereocenters. The molecule has 2 heterocycles. The van der Waals surface area contributed by atoms with Crippen molar-refractivity contribution in [3.8, 4) is 0 Å². The number of pyridine rings is 1. The van der Waals surface area contributed by atoms with Gasteiger partial charge in [-0.2, -0.15) is 23.5 Å². The van der Waals surface area contributed by atoms with Gasteiger partial charge in [-0.05, 0) is 19.1 Å². The smallest absolute Gasteiger partial charge is 0.251 e. The second-order valence-electron chi connectivity index (χ2n) is 4.37. The summed E-state index contributed by atoms with van der Waals surface area (Å²) >= 11 is 9.82. The lowest BCUT2D eigenvalue weighted by Crippen LogP contribution is -2.33. The maximum atomic E-state index is 12.2. The average Bonchev–Trinajstić information content (AvgIpc) is 2.45. The summed E-state index contributed by atoms with van der Waals surface area (Å²) in [5.74, 6) is 4.01. The standard InChI is InChI=1S/C13H18ClN3OS2/c1-2-15-12-6-9(5-11(14)17-12)13(18)16-7-10-8-19-3-4-20-10/h5-6,10H,2-4,7-8H2,1H3,(H,15,17)(H,16,18). The minimum absolute atomic E-state index is 0.0929. The van der Waals surface area contributed by atoms with Crippen LogP contribution in [0.1, 0.15) is 17.3 Å². The molecule has 1 saturated heterocycles. The largest absolute Gasteiger partial charge is 0.370 e. The summed E-state index contributed by atoms with van der Waals surface area (Å²) in [4.78, 5) is 16.3. The zero-order chi connectivity index (χ0) is 14.4. The first-order valence-corrected chi connectivity index (χ1v) is 9.16. The molecule has 4 nitrogen and oxygen atoms in total. The van der Waals surface area contributed by atoms with E-state index in [2.05, 4.69) is 15.6 Å². The molecule has 1 aromatic heterocycles. The average molecular weight is 332 g/mol. The second kappa shape index (κ2) is 8.00. The fourth-order valence-electron chi connectivity index (χ4n) is 1.86. The van der Waals surface area contributed by atoms with E-state index in [0.29, 0.717) is 28.3 Å². The molecular weight excluding hydrogens is 314 g/mol. The molecule has 0 spiro atoms. The maximum absolute atomic E-state index is 12.2. The van der Waals surface area contributed by atoms with E-state index in [9.17, 15) is 4.79 Å². The number of hydrogen-bond donors (Lipinski definition) is 2. The van der Waals surface area contributed by atoms with E-state index in [1.165, 1.54) is 5.75 Å². The van der Waals surface area contributed by atoms with Crippen molar-refractivity contribution in [1.29, 1.82) is 0 Å². The van der Waals surface area contributed by atoms with Crippen molar-refractivity contribution in [2.75, 3.05) is 35.7 Å². The van der Waals surface area contributed by atoms with Gasteiger partial charge < -0.3 is 10.6 Å². The van der Waals surface area contributed by atoms with Gasteiger partial charge in [-0.15, -0.1) is 0 Å². The third kappa shape index (κ3) is 4.75. The SMILES string of the molecule is CCNc1cc(C(=O)NCC2CSCCS2)cc(Cl)n1. The van der Waals surface area contributed by atoms with Gasteiger partial charge in [0.1, 0.15) is 11.0 Å². The Bertz CT molecular complexity index is 467. The fraction of sp³-hybridized carbons (Fsp3) is 0.538. The molecule has 1 aliphatic heterocycles. The number of nitrogens with zero attached hydrogens (tertiary/aromatic N) is 1. The number of hydrogen-bond acceptors (Lipinski definition) is 5. The number of amides is 1. The van der Waals surface area contributed by atoms with Crippen LogP contribution < -0.4 is 10.6 Å². The monoisotopic (exact) mass is 331 g/mol. The minimum Gasteiger partial charge on any atom is -0.370 e. The molecule has 0 aromatic carbocycles. The van der Waals surface area contributed by atoms with Crippen LogP contribution in [0, 0.1) is 0 Å². The molecule has 110 valence electrons. The summed E-state index contributed by atoms with van der Waals surface area (Å²) in [6.07, 6.45) is 0. The number of aromatic nitrogens is 1. The highest BCUT2D eigenvalue weighted by molar-refractivity contribution is 8.06. The van der Waals surface area contributed by atoms with Crippen molar-refractivity contribution in [3.63, 3.8) is 0 Å². The van der Waals surface area contributed by atoms with Crippen molar-refractivity contribution in [2.24, 2.45) is 0 Å². The third-order valence-electron chi connectivity index (χ3n) is 2.79. The highest BCUT2D eigenvalue weighted by Crippen LogP contribution is 2.23. The van der Waals surface area contributed by atoms with Crippen LogP contribution >= 0.6 is 35.1 Å². The predicted octanol–water partition coefficient (Wildman–Crippen LogP) is 2.75. The molecular formula is C13H18ClN3OS2. The van der Waals surface area contributed by atoms with Crippen LogP contribution in [0.25, 0.3) is 0 Å². The van der Waals surface area contributed by atoms with Crippen LogP contribution in [0.4, 0.5) is 5.82 Å². The molecule has 2 rings (SSSR count). The summed E-state index contributed by atoms with van der Waals surface area (Å²) in [5, 5.41) is 6.88. The Morgan fingerprint density at radius 3 is 3.05 bits per heavy atom. The molecule has 1 amide bonds. The molecule has 1 fully saturated rings. The Kier molecular flexibility index (Phi) is 6.32. The van der Waals surface area contributed by atoms with Crippen molar-refractivity contribution in [2.45, 2.75) is 12.2 Å². The van der Waals surface area contributed by atoms with E-state index in [4.69, 9.17) is 11.6 Å². The fourth-order valence-corrected chi connectivity index (χ4v) is 4.68. The number of halogens is 1. The van der Waals surface area contributed by atoms with Crippen molar-refractivity contribution < 1.29 is 4.79 Å². The molecule has 0 bridgehead atoms. The lowest BCUT2D eigenvalue weighted by atomic mass is 10.2. The van der Waals surface area contributed by atoms with Gasteiger partial charge in [0.2, 0.25) is 0 Å². The summed E-state index contributed by atoms with van der Waals surface area (Å²) in [7, 11) is 0. The lowest BCUT2D eigenvalue weighted by molar-refractivity contribution is 0.0954. The zero-order valence-electron chi connectivity index (χ0n) is 11.3. The van der Waals surface area contributed by atoms with Crippen LogP contribution in [0.2, 0.25) is 5.15 Å². The van der Waals surface area contributed by atoms with Gasteiger partial charge in [-0.3, -0.25) is 4.79 Å². The van der Waals surface area contributed by atoms with Crippen molar-refractivity contribution in [1.82, 2.24) is 10.3 Å². The normalized spacial score (nSPS) is 18.6. The Balaban J connectivity index is 1.93. The molecule has 0 saturated carbocycles. The van der Waals surface area contributed by atoms with E-state index in [0.717, 1.165) is 18.1 Å². The molecule has 1 atom stereocenters. The highest BCUT2D eigenvalue weighted by atomic mass is 35.5. The van der Waals surface area contributed by atoms with Crippen molar-refractivity contribution >= 4 is 46.8 Å². The van der Waals surface area contributed by atoms with E-state index in [-0.39, 0.29) is 5.91 Å². The summed E-state index contributed by atoms with van der Waals surface area (Å²) in [6, 6.07) is 3.33. The van der Waals surface area contributed by atoms with Gasteiger partial charge in [0.25, 0.3) is 5.91 Å². The molecule has 1 aromatic rings. The van der Waals surface area contributed by atoms with Crippen LogP contribution in [-0.4, -0.2) is 46.5 Å². The topological polar surface area (TPSA) is 54.0 Å². The Morgan fingerprint density at radius 1 is 1.50 bits per heavy atom. The number of thioether (sulfide) groups is 2. The molecule has 2 N–H and O–H groups in total. The summed E-state index contributed by atoms with van der Waals surface area (Å²) < 4.78 is 0. The molecule has 7 heteroatoms. The number of nitrogens with one attached hydrogen (secondary N) is 2. The number of rotatable bonds is 5. The Hall–Kier alpha value is -0.590. The van der Waals surface area contributed by atoms with Gasteiger partial charge in [-0.1, -0.05) is 11.6 Å². The minimum atomic E-state index is -0.0929. The van der Waals surface area contributed by atoms with Gasteiger partial charge >= 0.3 is 0 Å². The zero-order valence-corrected chi connectivity index (χ0v) is 13.7. The number of carbonyl (C=O) groups excluding carboxylic acids is 1. The highest BCUT2D eigenvalue weighted by Gasteiger charge is 2.16. The lowest BCUT2D eigenvalue weighted by Gasteiger charge is -2.21. The molecule has 20 heavy (non-hydrogen) atoms. The molecule has 0 aliphatic carbocycles. The molecule has 1 aliphatic rings. The van der Waals surface area contributed by atoms with E-state index < -0.39 is 0 Å². The first-order chi connectivity index (χ1) is 9.69. The third-order valence-corrected chi connectivity index (χ3v) is 5.83. The Morgan fingerprint density at radius 2 is 2.35 bits per heavy atom. The van der Waals surface area contributed by atoms with E-state index >= 15 is 0 Å². The summed E-state index contributed by atoms with van der Waals surface area (Å²) in [5.41, 5.74) is 0.550. The van der Waals surface area contributed by atoms with Crippen LogP contribution in [0.3, 0.4) is 0 Å². The van der Waals surface area contributed by atoms with Gasteiger partial charge in [0.05, 0.1) is 0 Å². The maximum Gasteiger partial charge on any atom is 0.251 e. The van der Waals surface area contributed by atoms with E-state index in [1.54, 1.807) is 12.1 Å². The first kappa shape index (κ1) is 15.8.